The van der Waals surface area contributed by atoms with E-state index in [0.29, 0.717) is 0 Å². The van der Waals surface area contributed by atoms with Crippen molar-refractivity contribution in [3.05, 3.63) is 291 Å². The number of hydrogen-bond donors (Lipinski definition) is 1. The lowest BCUT2D eigenvalue weighted by Gasteiger charge is -2.27. The molecular formula is C73H49N5. The number of nitrogens with one attached hydrogen (secondary N) is 1. The Hall–Kier alpha value is -10.4. The van der Waals surface area contributed by atoms with E-state index >= 15 is 0 Å². The van der Waals surface area contributed by atoms with Crippen molar-refractivity contribution >= 4 is 82.5 Å². The zero-order valence-corrected chi connectivity index (χ0v) is 42.5. The molecule has 0 amide bonds. The zero-order valence-electron chi connectivity index (χ0n) is 42.5. The Kier molecular flexibility index (Phi) is 9.94. The highest BCUT2D eigenvalue weighted by Gasteiger charge is 2.31. The number of aromatic nitrogens is 3. The summed E-state index contributed by atoms with van der Waals surface area (Å²) in [6.07, 6.45) is -0.0546. The predicted octanol–water partition coefficient (Wildman–Crippen LogP) is 19.2. The van der Waals surface area contributed by atoms with Gasteiger partial charge in [-0.25, -0.2) is 0 Å². The lowest BCUT2D eigenvalue weighted by Crippen LogP contribution is -2.23. The molecule has 12 aromatic carbocycles. The van der Waals surface area contributed by atoms with Gasteiger partial charge < -0.3 is 23.9 Å². The van der Waals surface area contributed by atoms with Crippen LogP contribution in [-0.4, -0.2) is 13.7 Å². The molecule has 0 radical (unpaired) electrons. The van der Waals surface area contributed by atoms with Crippen molar-refractivity contribution in [2.45, 2.75) is 6.17 Å². The van der Waals surface area contributed by atoms with E-state index in [1.807, 2.05) is 0 Å². The van der Waals surface area contributed by atoms with E-state index in [9.17, 15) is 0 Å². The second-order valence-electron chi connectivity index (χ2n) is 20.6. The Bertz CT molecular complexity index is 4800. The summed E-state index contributed by atoms with van der Waals surface area (Å²) in [7, 11) is 0. The summed E-state index contributed by atoms with van der Waals surface area (Å²) in [4.78, 5) is 2.40. The number of hydrogen-bond acceptors (Lipinski definition) is 2. The fraction of sp³-hybridized carbons (Fsp3) is 0.0137. The van der Waals surface area contributed by atoms with Crippen molar-refractivity contribution in [2.75, 3.05) is 10.2 Å². The number of rotatable bonds is 8. The average Bonchev–Trinajstić information content (AvgIpc) is 4.39. The first kappa shape index (κ1) is 44.0. The third-order valence-corrected chi connectivity index (χ3v) is 16.2. The average molecular weight is 996 g/mol. The van der Waals surface area contributed by atoms with Crippen LogP contribution in [-0.2, 0) is 0 Å². The van der Waals surface area contributed by atoms with Gasteiger partial charge in [0.05, 0.1) is 44.5 Å². The van der Waals surface area contributed by atoms with E-state index in [0.717, 1.165) is 28.4 Å². The molecule has 5 heteroatoms. The van der Waals surface area contributed by atoms with Crippen molar-refractivity contribution in [1.82, 2.24) is 13.7 Å². The highest BCUT2D eigenvalue weighted by molar-refractivity contribution is 6.15. The highest BCUT2D eigenvalue weighted by Crippen LogP contribution is 2.47. The third-order valence-electron chi connectivity index (χ3n) is 16.2. The Balaban J connectivity index is 0.850. The van der Waals surface area contributed by atoms with Crippen LogP contribution in [0.1, 0.15) is 11.7 Å². The summed E-state index contributed by atoms with van der Waals surface area (Å²) in [6, 6.07) is 104. The van der Waals surface area contributed by atoms with Crippen LogP contribution in [0, 0.1) is 0 Å². The van der Waals surface area contributed by atoms with Gasteiger partial charge in [0, 0.05) is 55.1 Å². The van der Waals surface area contributed by atoms with E-state index in [1.54, 1.807) is 0 Å². The van der Waals surface area contributed by atoms with Crippen molar-refractivity contribution in [3.8, 4) is 50.4 Å². The molecule has 3 aromatic heterocycles. The Morgan fingerprint density at radius 3 is 1.15 bits per heavy atom. The largest absolute Gasteiger partial charge is 0.359 e. The Labute approximate surface area is 451 Å². The summed E-state index contributed by atoms with van der Waals surface area (Å²) in [5, 5.41) is 11.2. The fourth-order valence-electron chi connectivity index (χ4n) is 12.6. The van der Waals surface area contributed by atoms with E-state index in [-0.39, 0.29) is 6.17 Å². The van der Waals surface area contributed by atoms with Gasteiger partial charge in [-0.15, -0.1) is 0 Å². The van der Waals surface area contributed by atoms with Crippen molar-refractivity contribution in [3.63, 3.8) is 0 Å². The number of anilines is 3. The number of benzene rings is 12. The maximum atomic E-state index is 3.83. The predicted molar refractivity (Wildman–Crippen MR) is 327 cm³/mol. The molecule has 5 nitrogen and oxygen atoms in total. The van der Waals surface area contributed by atoms with Gasteiger partial charge in [0.25, 0.3) is 0 Å². The lowest BCUT2D eigenvalue weighted by molar-refractivity contribution is 0.827. The normalized spacial score (nSPS) is 13.3. The van der Waals surface area contributed by atoms with E-state index in [1.165, 1.54) is 110 Å². The van der Waals surface area contributed by atoms with Crippen LogP contribution in [0.3, 0.4) is 0 Å². The van der Waals surface area contributed by atoms with Crippen LogP contribution >= 0.6 is 0 Å². The zero-order chi connectivity index (χ0) is 51.3. The van der Waals surface area contributed by atoms with Crippen LogP contribution in [0.4, 0.5) is 17.1 Å². The molecule has 0 saturated heterocycles. The number of fused-ring (bicyclic) bond motifs is 10. The summed E-state index contributed by atoms with van der Waals surface area (Å²) in [6.45, 7) is 0. The van der Waals surface area contributed by atoms with Crippen LogP contribution in [0.2, 0.25) is 0 Å². The molecule has 366 valence electrons. The summed E-state index contributed by atoms with van der Waals surface area (Å²) in [5.41, 5.74) is 22.3. The molecule has 78 heavy (non-hydrogen) atoms. The van der Waals surface area contributed by atoms with Gasteiger partial charge in [0.15, 0.2) is 0 Å². The van der Waals surface area contributed by atoms with Gasteiger partial charge in [-0.2, -0.15) is 0 Å². The molecule has 0 aliphatic carbocycles. The molecular weight excluding hydrogens is 947 g/mol. The monoisotopic (exact) mass is 995 g/mol. The van der Waals surface area contributed by atoms with E-state index < -0.39 is 0 Å². The Morgan fingerprint density at radius 1 is 0.244 bits per heavy atom. The molecule has 1 N–H and O–H groups in total. The molecule has 0 spiro atoms. The minimum Gasteiger partial charge on any atom is -0.359 e. The number of para-hydroxylation sites is 5. The maximum absolute atomic E-state index is 3.83. The second kappa shape index (κ2) is 17.6. The van der Waals surface area contributed by atoms with Crippen LogP contribution in [0.15, 0.2) is 285 Å². The standard InChI is InChI=1S/C73H49N5/c1-5-17-48(18-6-1)51-31-38-67-60(43-51)62-45-53(33-40-68(62)76(67)57-35-29-50(30-36-57)73-74-65-26-14-16-28-72(65)78(73)56-23-11-4-12-24-56)54-34-41-70-63(46-54)61-44-52(49-19-7-2-8-20-49)32-39-69(61)77(70)58-37-42-71-64(47-58)59-25-13-15-27-66(59)75(71)55-21-9-3-10-22-55/h1-47,73-74H. The molecule has 16 rings (SSSR count). The van der Waals surface area contributed by atoms with Crippen molar-refractivity contribution < 1.29 is 0 Å². The molecule has 1 atom stereocenters. The van der Waals surface area contributed by atoms with Crippen LogP contribution < -0.4 is 10.2 Å². The van der Waals surface area contributed by atoms with Gasteiger partial charge in [0.2, 0.25) is 0 Å². The lowest BCUT2D eigenvalue weighted by atomic mass is 9.98. The molecule has 0 bridgehead atoms. The van der Waals surface area contributed by atoms with Gasteiger partial charge >= 0.3 is 0 Å². The summed E-state index contributed by atoms with van der Waals surface area (Å²) < 4.78 is 7.29. The van der Waals surface area contributed by atoms with E-state index in [4.69, 9.17) is 0 Å². The van der Waals surface area contributed by atoms with Gasteiger partial charge in [-0.05, 0) is 160 Å². The van der Waals surface area contributed by atoms with Crippen LogP contribution in [0.5, 0.6) is 0 Å². The SMILES string of the molecule is c1ccc(-c2ccc3c(c2)c2cc(-c4ccc5c(c4)c4cc(-c6ccccc6)ccc4n5-c4ccc5c(c4)c4ccccc4n5-c4ccccc4)ccc2n3-c2ccc(C3Nc4ccccc4N3c3ccccc3)cc2)cc1. The minimum absolute atomic E-state index is 0.0546. The fourth-order valence-corrected chi connectivity index (χ4v) is 12.6. The van der Waals surface area contributed by atoms with E-state index in [2.05, 4.69) is 309 Å². The van der Waals surface area contributed by atoms with Gasteiger partial charge in [0.1, 0.15) is 6.17 Å². The van der Waals surface area contributed by atoms with Crippen LogP contribution in [0.25, 0.3) is 116 Å². The van der Waals surface area contributed by atoms with Gasteiger partial charge in [-0.1, -0.05) is 164 Å². The second-order valence-corrected chi connectivity index (χ2v) is 20.6. The van der Waals surface area contributed by atoms with Crippen molar-refractivity contribution in [2.24, 2.45) is 0 Å². The third kappa shape index (κ3) is 6.95. The quantitative estimate of drug-likeness (QED) is 0.164. The smallest absolute Gasteiger partial charge is 0.130 e. The maximum Gasteiger partial charge on any atom is 0.130 e. The first-order valence-electron chi connectivity index (χ1n) is 26.9. The molecule has 1 aliphatic rings. The van der Waals surface area contributed by atoms with Crippen molar-refractivity contribution in [1.29, 1.82) is 0 Å². The highest BCUT2D eigenvalue weighted by atomic mass is 15.3. The topological polar surface area (TPSA) is 30.1 Å². The minimum atomic E-state index is -0.0546. The molecule has 4 heterocycles. The molecule has 1 unspecified atom stereocenters. The van der Waals surface area contributed by atoms with Gasteiger partial charge in [-0.3, -0.25) is 0 Å². The number of nitrogens with zero attached hydrogens (tertiary/aromatic N) is 4. The summed E-state index contributed by atoms with van der Waals surface area (Å²) >= 11 is 0. The summed E-state index contributed by atoms with van der Waals surface area (Å²) in [5.74, 6) is 0. The Morgan fingerprint density at radius 2 is 0.615 bits per heavy atom. The molecule has 15 aromatic rings. The first-order chi connectivity index (χ1) is 38.7. The molecule has 0 saturated carbocycles. The molecule has 1 aliphatic heterocycles. The molecule has 0 fully saturated rings. The first-order valence-corrected chi connectivity index (χ1v) is 26.9.